The number of nitrogens with one attached hydrogen (secondary N) is 2. The summed E-state index contributed by atoms with van der Waals surface area (Å²) in [5, 5.41) is 6.22. The second-order valence-electron chi connectivity index (χ2n) is 7.74. The third-order valence-electron chi connectivity index (χ3n) is 5.27. The third kappa shape index (κ3) is 6.03. The van der Waals surface area contributed by atoms with Gasteiger partial charge in [0.05, 0.1) is 14.2 Å². The number of rotatable bonds is 8. The van der Waals surface area contributed by atoms with Crippen LogP contribution in [0.2, 0.25) is 0 Å². The van der Waals surface area contributed by atoms with Gasteiger partial charge in [0.25, 0.3) is 5.91 Å². The van der Waals surface area contributed by atoms with Gasteiger partial charge in [-0.3, -0.25) is 4.79 Å². The van der Waals surface area contributed by atoms with E-state index in [1.165, 1.54) is 6.33 Å². The molecule has 0 bridgehead atoms. The van der Waals surface area contributed by atoms with Crippen LogP contribution in [0.4, 0.5) is 17.2 Å². The molecule has 0 saturated carbocycles. The monoisotopic (exact) mass is 466 g/mol. The lowest BCUT2D eigenvalue weighted by atomic mass is 10.0. The fourth-order valence-electron chi connectivity index (χ4n) is 3.51. The summed E-state index contributed by atoms with van der Waals surface area (Å²) in [6.07, 6.45) is 3.35. The van der Waals surface area contributed by atoms with Crippen LogP contribution in [-0.4, -0.2) is 30.1 Å². The predicted molar refractivity (Wildman–Crippen MR) is 139 cm³/mol. The summed E-state index contributed by atoms with van der Waals surface area (Å²) in [4.78, 5) is 21.7. The van der Waals surface area contributed by atoms with Gasteiger partial charge in [-0.25, -0.2) is 9.97 Å². The average molecular weight is 467 g/mol. The largest absolute Gasteiger partial charge is 0.493 e. The van der Waals surface area contributed by atoms with Crippen LogP contribution >= 0.6 is 0 Å². The Morgan fingerprint density at radius 1 is 0.829 bits per heavy atom. The second-order valence-corrected chi connectivity index (χ2v) is 7.74. The normalized spacial score (nSPS) is 11.0. The van der Waals surface area contributed by atoms with Crippen molar-refractivity contribution in [2.75, 3.05) is 24.9 Å². The molecule has 0 atom stereocenters. The van der Waals surface area contributed by atoms with Crippen molar-refractivity contribution in [1.29, 1.82) is 0 Å². The highest BCUT2D eigenvalue weighted by molar-refractivity contribution is 6.29. The molecular formula is C28H26N4O3. The van der Waals surface area contributed by atoms with Gasteiger partial charge in [0.1, 0.15) is 12.1 Å². The Labute approximate surface area is 204 Å². The lowest BCUT2D eigenvalue weighted by molar-refractivity contribution is -0.111. The lowest BCUT2D eigenvalue weighted by Crippen LogP contribution is -2.13. The van der Waals surface area contributed by atoms with Crippen molar-refractivity contribution in [2.45, 2.75) is 6.92 Å². The topological polar surface area (TPSA) is 85.4 Å². The van der Waals surface area contributed by atoms with Crippen molar-refractivity contribution in [2.24, 2.45) is 0 Å². The Balaban J connectivity index is 1.57. The number of carbonyl (C=O) groups is 1. The molecule has 1 heterocycles. The molecule has 7 heteroatoms. The molecule has 4 rings (SSSR count). The van der Waals surface area contributed by atoms with Gasteiger partial charge in [0, 0.05) is 28.7 Å². The number of hydrogen-bond acceptors (Lipinski definition) is 6. The number of nitrogens with zero attached hydrogens (tertiary/aromatic N) is 2. The van der Waals surface area contributed by atoms with E-state index in [-0.39, 0.29) is 5.91 Å². The Morgan fingerprint density at radius 2 is 1.54 bits per heavy atom. The molecular weight excluding hydrogens is 440 g/mol. The molecule has 35 heavy (non-hydrogen) atoms. The van der Waals surface area contributed by atoms with Crippen LogP contribution in [0.3, 0.4) is 0 Å². The maximum absolute atomic E-state index is 13.3. The quantitative estimate of drug-likeness (QED) is 0.255. The maximum atomic E-state index is 13.3. The lowest BCUT2D eigenvalue weighted by Gasteiger charge is -2.12. The van der Waals surface area contributed by atoms with Gasteiger partial charge < -0.3 is 20.1 Å². The summed E-state index contributed by atoms with van der Waals surface area (Å²) < 4.78 is 10.7. The molecule has 3 aromatic carbocycles. The first-order chi connectivity index (χ1) is 17.1. The summed E-state index contributed by atoms with van der Waals surface area (Å²) in [7, 11) is 3.17. The van der Waals surface area contributed by atoms with Crippen molar-refractivity contribution in [3.63, 3.8) is 0 Å². The number of aromatic nitrogens is 2. The van der Waals surface area contributed by atoms with Crippen LogP contribution in [0.5, 0.6) is 11.5 Å². The number of amides is 1. The van der Waals surface area contributed by atoms with Crippen molar-refractivity contribution in [3.8, 4) is 11.5 Å². The van der Waals surface area contributed by atoms with Crippen LogP contribution in [0, 0.1) is 6.92 Å². The zero-order valence-corrected chi connectivity index (χ0v) is 19.8. The summed E-state index contributed by atoms with van der Waals surface area (Å²) in [5.41, 5.74) is 4.55. The first kappa shape index (κ1) is 23.5. The summed E-state index contributed by atoms with van der Waals surface area (Å²) >= 11 is 0. The molecule has 4 aromatic rings. The van der Waals surface area contributed by atoms with Crippen molar-refractivity contribution in [1.82, 2.24) is 9.97 Å². The number of benzene rings is 3. The molecule has 1 amide bonds. The Bertz CT molecular complexity index is 1340. The summed E-state index contributed by atoms with van der Waals surface area (Å²) in [6, 6.07) is 24.4. The Morgan fingerprint density at radius 3 is 2.23 bits per heavy atom. The van der Waals surface area contributed by atoms with E-state index in [9.17, 15) is 4.79 Å². The highest BCUT2D eigenvalue weighted by Gasteiger charge is 2.14. The van der Waals surface area contributed by atoms with Crippen LogP contribution < -0.4 is 20.1 Å². The molecule has 0 aliphatic carbocycles. The first-order valence-corrected chi connectivity index (χ1v) is 11.0. The molecule has 0 fully saturated rings. The number of ether oxygens (including phenoxy) is 2. The molecule has 0 radical (unpaired) electrons. The summed E-state index contributed by atoms with van der Waals surface area (Å²) in [6.45, 7) is 1.91. The van der Waals surface area contributed by atoms with Crippen molar-refractivity contribution < 1.29 is 14.3 Å². The van der Waals surface area contributed by atoms with E-state index in [2.05, 4.69) is 20.6 Å². The van der Waals surface area contributed by atoms with Crippen molar-refractivity contribution >= 4 is 34.7 Å². The van der Waals surface area contributed by atoms with Gasteiger partial charge in [-0.1, -0.05) is 36.4 Å². The van der Waals surface area contributed by atoms with Crippen molar-refractivity contribution in [3.05, 3.63) is 102 Å². The molecule has 0 unspecified atom stereocenters. The fraction of sp³-hybridized carbons (Fsp3) is 0.107. The fourth-order valence-corrected chi connectivity index (χ4v) is 3.51. The van der Waals surface area contributed by atoms with E-state index in [1.807, 2.05) is 91.9 Å². The number of anilines is 3. The van der Waals surface area contributed by atoms with Crippen LogP contribution in [-0.2, 0) is 4.79 Å². The minimum absolute atomic E-state index is 0.224. The number of carbonyl (C=O) groups excluding carboxylic acids is 1. The van der Waals surface area contributed by atoms with E-state index in [1.54, 1.807) is 14.2 Å². The zero-order valence-electron chi connectivity index (χ0n) is 19.8. The molecule has 0 spiro atoms. The Kier molecular flexibility index (Phi) is 7.37. The van der Waals surface area contributed by atoms with E-state index < -0.39 is 0 Å². The van der Waals surface area contributed by atoms with Gasteiger partial charge >= 0.3 is 0 Å². The molecule has 0 aliphatic rings. The molecule has 0 saturated heterocycles. The highest BCUT2D eigenvalue weighted by Crippen LogP contribution is 2.30. The minimum atomic E-state index is -0.224. The van der Waals surface area contributed by atoms with Gasteiger partial charge in [0.2, 0.25) is 0 Å². The molecule has 0 aliphatic heterocycles. The van der Waals surface area contributed by atoms with Gasteiger partial charge in [-0.2, -0.15) is 0 Å². The van der Waals surface area contributed by atoms with E-state index in [0.29, 0.717) is 28.6 Å². The smallest absolute Gasteiger partial charge is 0.256 e. The van der Waals surface area contributed by atoms with Crippen LogP contribution in [0.1, 0.15) is 16.8 Å². The van der Waals surface area contributed by atoms with Crippen LogP contribution in [0.15, 0.2) is 85.2 Å². The van der Waals surface area contributed by atoms with E-state index in [4.69, 9.17) is 9.47 Å². The van der Waals surface area contributed by atoms with Gasteiger partial charge in [0.15, 0.2) is 11.5 Å². The first-order valence-electron chi connectivity index (χ1n) is 11.0. The Hall–Kier alpha value is -4.65. The zero-order chi connectivity index (χ0) is 24.6. The van der Waals surface area contributed by atoms with Crippen LogP contribution in [0.25, 0.3) is 11.6 Å². The number of methoxy groups -OCH3 is 2. The minimum Gasteiger partial charge on any atom is -0.493 e. The molecule has 2 N–H and O–H groups in total. The number of aryl methyl sites for hydroxylation is 1. The predicted octanol–water partition coefficient (Wildman–Crippen LogP) is 5.73. The second kappa shape index (κ2) is 11.0. The van der Waals surface area contributed by atoms with E-state index >= 15 is 0 Å². The highest BCUT2D eigenvalue weighted by atomic mass is 16.5. The van der Waals surface area contributed by atoms with Gasteiger partial charge in [-0.15, -0.1) is 0 Å². The molecule has 176 valence electrons. The summed E-state index contributed by atoms with van der Waals surface area (Å²) in [5.74, 6) is 1.70. The third-order valence-corrected chi connectivity index (χ3v) is 5.27. The maximum Gasteiger partial charge on any atom is 0.256 e. The van der Waals surface area contributed by atoms with Gasteiger partial charge in [-0.05, 0) is 60.5 Å². The molecule has 7 nitrogen and oxygen atoms in total. The molecule has 1 aromatic heterocycles. The average Bonchev–Trinajstić information content (AvgIpc) is 2.88. The number of hydrogen-bond donors (Lipinski definition) is 2. The standard InChI is InChI=1S/C28H26N4O3/c1-19-15-27(30-18-29-19)31-22-10-12-23(13-11-22)32-28(33)24(21-7-5-4-6-8-21)16-20-9-14-25(34-2)26(17-20)35-3/h4-18H,1-3H3,(H,32,33)(H,29,30,31)/b24-16+. The van der Waals surface area contributed by atoms with E-state index in [0.717, 1.165) is 22.5 Å². The SMILES string of the molecule is COc1ccc(/C=C(/C(=O)Nc2ccc(Nc3cc(C)ncn3)cc2)c2ccccc2)cc1OC.